The minimum atomic E-state index is 0.875. The molecule has 2 radical (unpaired) electrons. The maximum absolute atomic E-state index is 3.42. The van der Waals surface area contributed by atoms with Gasteiger partial charge in [-0.2, -0.15) is 0 Å². The van der Waals surface area contributed by atoms with Crippen molar-refractivity contribution in [1.82, 2.24) is 9.80 Å². The highest BCUT2D eigenvalue weighted by atomic mass is 15.2. The van der Waals surface area contributed by atoms with Crippen LogP contribution in [0.3, 0.4) is 0 Å². The maximum atomic E-state index is 3.42. The zero-order valence-corrected chi connectivity index (χ0v) is 10.0. The lowest BCUT2D eigenvalue weighted by molar-refractivity contribution is 0.103. The van der Waals surface area contributed by atoms with Gasteiger partial charge in [0.2, 0.25) is 0 Å². The Hall–Kier alpha value is -0.0800. The monoisotopic (exact) mass is 208 g/mol. The molecule has 0 bridgehead atoms. The van der Waals surface area contributed by atoms with Crippen LogP contribution in [0, 0.1) is 6.54 Å². The van der Waals surface area contributed by atoms with E-state index in [9.17, 15) is 0 Å². The first-order chi connectivity index (χ1) is 7.40. The maximum Gasteiger partial charge on any atom is 0.0612 e. The number of hydrogen-bond acceptors (Lipinski definition) is 2. The van der Waals surface area contributed by atoms with E-state index >= 15 is 0 Å². The van der Waals surface area contributed by atoms with E-state index in [4.69, 9.17) is 0 Å². The van der Waals surface area contributed by atoms with Gasteiger partial charge in [0, 0.05) is 19.1 Å². The standard InChI is InChI=1S/C13H24N2/c1-2-8-14-11-6-13(7-12-14)15-9-4-3-5-10-15/h13H,2-7,9-12H2,1H3. The minimum absolute atomic E-state index is 0.875. The van der Waals surface area contributed by atoms with Crippen LogP contribution in [0.2, 0.25) is 0 Å². The molecule has 2 saturated heterocycles. The summed E-state index contributed by atoms with van der Waals surface area (Å²) in [5.41, 5.74) is 0. The first-order valence-electron chi connectivity index (χ1n) is 6.62. The van der Waals surface area contributed by atoms with Crippen molar-refractivity contribution < 1.29 is 0 Å². The van der Waals surface area contributed by atoms with E-state index in [-0.39, 0.29) is 0 Å². The molecule has 0 aliphatic carbocycles. The Balaban J connectivity index is 1.72. The highest BCUT2D eigenvalue weighted by Crippen LogP contribution is 2.21. The Bertz CT molecular complexity index is 167. The van der Waals surface area contributed by atoms with Crippen molar-refractivity contribution in [2.75, 3.05) is 26.2 Å². The highest BCUT2D eigenvalue weighted by molar-refractivity contribution is 4.83. The highest BCUT2D eigenvalue weighted by Gasteiger charge is 2.25. The van der Waals surface area contributed by atoms with Crippen molar-refractivity contribution in [3.8, 4) is 0 Å². The van der Waals surface area contributed by atoms with E-state index in [0.717, 1.165) is 12.5 Å². The van der Waals surface area contributed by atoms with Crippen LogP contribution in [0.4, 0.5) is 0 Å². The predicted octanol–water partition coefficient (Wildman–Crippen LogP) is 2.39. The third-order valence-electron chi connectivity index (χ3n) is 3.75. The third-order valence-corrected chi connectivity index (χ3v) is 3.75. The van der Waals surface area contributed by atoms with Gasteiger partial charge in [-0.25, -0.2) is 0 Å². The molecular weight excluding hydrogens is 184 g/mol. The molecule has 0 atom stereocenters. The summed E-state index contributed by atoms with van der Waals surface area (Å²) in [6.45, 7) is 10.8. The minimum Gasteiger partial charge on any atom is -0.300 e. The molecule has 0 aromatic carbocycles. The van der Waals surface area contributed by atoms with Crippen LogP contribution in [0.25, 0.3) is 0 Å². The zero-order chi connectivity index (χ0) is 10.5. The molecule has 2 heteroatoms. The molecule has 0 N–H and O–H groups in total. The van der Waals surface area contributed by atoms with Crippen LogP contribution in [-0.4, -0.2) is 42.0 Å². The molecule has 0 spiro atoms. The van der Waals surface area contributed by atoms with Gasteiger partial charge < -0.3 is 4.90 Å². The summed E-state index contributed by atoms with van der Waals surface area (Å²) in [6.07, 6.45) is 8.07. The fourth-order valence-corrected chi connectivity index (χ4v) is 2.90. The molecule has 2 rings (SSSR count). The summed E-state index contributed by atoms with van der Waals surface area (Å²) in [6, 6.07) is 0.875. The second-order valence-corrected chi connectivity index (χ2v) is 4.83. The number of rotatable bonds is 3. The Morgan fingerprint density at radius 2 is 1.67 bits per heavy atom. The summed E-state index contributed by atoms with van der Waals surface area (Å²) in [7, 11) is 0. The van der Waals surface area contributed by atoms with Crippen molar-refractivity contribution in [2.45, 2.75) is 51.5 Å². The predicted molar refractivity (Wildman–Crippen MR) is 63.6 cm³/mol. The molecule has 2 nitrogen and oxygen atoms in total. The third kappa shape index (κ3) is 3.18. The van der Waals surface area contributed by atoms with Crippen molar-refractivity contribution in [3.05, 3.63) is 6.54 Å². The normalized spacial score (nSPS) is 27.0. The largest absolute Gasteiger partial charge is 0.300 e. The Kier molecular flexibility index (Phi) is 4.45. The molecule has 2 aliphatic heterocycles. The SMILES string of the molecule is CC[C]N1CCC(N2CCCCC2)CC1. The first kappa shape index (κ1) is 11.4. The van der Waals surface area contributed by atoms with Crippen molar-refractivity contribution in [1.29, 1.82) is 0 Å². The van der Waals surface area contributed by atoms with Crippen LogP contribution in [0.1, 0.15) is 45.4 Å². The second kappa shape index (κ2) is 5.86. The molecule has 0 aromatic heterocycles. The average Bonchev–Trinajstić information content (AvgIpc) is 2.32. The van der Waals surface area contributed by atoms with Gasteiger partial charge in [0.15, 0.2) is 0 Å². The van der Waals surface area contributed by atoms with Crippen LogP contribution >= 0.6 is 0 Å². The summed E-state index contributed by atoms with van der Waals surface area (Å²) in [5, 5.41) is 0. The van der Waals surface area contributed by atoms with E-state index in [1.54, 1.807) is 0 Å². The van der Waals surface area contributed by atoms with E-state index in [2.05, 4.69) is 23.3 Å². The van der Waals surface area contributed by atoms with Gasteiger partial charge in [0.05, 0.1) is 6.54 Å². The van der Waals surface area contributed by atoms with Gasteiger partial charge in [0.25, 0.3) is 0 Å². The van der Waals surface area contributed by atoms with Crippen LogP contribution < -0.4 is 0 Å². The molecule has 15 heavy (non-hydrogen) atoms. The summed E-state index contributed by atoms with van der Waals surface area (Å²) in [5.74, 6) is 0. The van der Waals surface area contributed by atoms with E-state index in [0.29, 0.717) is 0 Å². The zero-order valence-electron chi connectivity index (χ0n) is 10.0. The number of likely N-dealkylation sites (tertiary alicyclic amines) is 2. The first-order valence-corrected chi connectivity index (χ1v) is 6.62. The van der Waals surface area contributed by atoms with Gasteiger partial charge in [-0.1, -0.05) is 13.3 Å². The van der Waals surface area contributed by atoms with Gasteiger partial charge in [-0.05, 0) is 45.2 Å². The van der Waals surface area contributed by atoms with Gasteiger partial charge in [-0.15, -0.1) is 0 Å². The summed E-state index contributed by atoms with van der Waals surface area (Å²) in [4.78, 5) is 5.12. The summed E-state index contributed by atoms with van der Waals surface area (Å²) >= 11 is 0. The van der Waals surface area contributed by atoms with Crippen LogP contribution in [-0.2, 0) is 0 Å². The Labute approximate surface area is 94.6 Å². The van der Waals surface area contributed by atoms with Gasteiger partial charge >= 0.3 is 0 Å². The molecule has 86 valence electrons. The lowest BCUT2D eigenvalue weighted by Gasteiger charge is -2.39. The van der Waals surface area contributed by atoms with E-state index < -0.39 is 0 Å². The second-order valence-electron chi connectivity index (χ2n) is 4.83. The van der Waals surface area contributed by atoms with Crippen molar-refractivity contribution in [2.24, 2.45) is 0 Å². The molecule has 2 heterocycles. The number of nitrogens with zero attached hydrogens (tertiary/aromatic N) is 2. The molecule has 0 unspecified atom stereocenters. The molecule has 2 fully saturated rings. The quantitative estimate of drug-likeness (QED) is 0.702. The van der Waals surface area contributed by atoms with E-state index in [1.165, 1.54) is 58.3 Å². The van der Waals surface area contributed by atoms with Crippen LogP contribution in [0.5, 0.6) is 0 Å². The lowest BCUT2D eigenvalue weighted by Crippen LogP contribution is -2.45. The van der Waals surface area contributed by atoms with Crippen molar-refractivity contribution >= 4 is 0 Å². The fourth-order valence-electron chi connectivity index (χ4n) is 2.90. The summed E-state index contributed by atoms with van der Waals surface area (Å²) < 4.78 is 0. The molecule has 0 saturated carbocycles. The Morgan fingerprint density at radius 1 is 1.00 bits per heavy atom. The van der Waals surface area contributed by atoms with Gasteiger partial charge in [0.1, 0.15) is 0 Å². The topological polar surface area (TPSA) is 6.48 Å². The average molecular weight is 208 g/mol. The molecule has 2 aliphatic rings. The molecule has 0 aromatic rings. The molecular formula is C13H24N2. The van der Waals surface area contributed by atoms with Gasteiger partial charge in [-0.3, -0.25) is 4.90 Å². The molecule has 0 amide bonds. The lowest BCUT2D eigenvalue weighted by atomic mass is 10.00. The number of piperidine rings is 2. The van der Waals surface area contributed by atoms with E-state index in [1.807, 2.05) is 0 Å². The van der Waals surface area contributed by atoms with Crippen LogP contribution in [0.15, 0.2) is 0 Å². The fraction of sp³-hybridized carbons (Fsp3) is 0.923. The Morgan fingerprint density at radius 3 is 2.27 bits per heavy atom. The smallest absolute Gasteiger partial charge is 0.0612 e. The van der Waals surface area contributed by atoms with Crippen molar-refractivity contribution in [3.63, 3.8) is 0 Å². The number of hydrogen-bond donors (Lipinski definition) is 0.